The molecule has 1 atom stereocenters. The van der Waals surface area contributed by atoms with Crippen molar-refractivity contribution in [2.24, 2.45) is 0 Å². The molecule has 4 nitrogen and oxygen atoms in total. The average Bonchev–Trinajstić information content (AvgIpc) is 2.76. The summed E-state index contributed by atoms with van der Waals surface area (Å²) in [7, 11) is 0. The van der Waals surface area contributed by atoms with Gasteiger partial charge in [0, 0.05) is 25.1 Å². The number of benzene rings is 3. The summed E-state index contributed by atoms with van der Waals surface area (Å²) in [5.41, 5.74) is 3.10. The molecule has 1 aliphatic heterocycles. The summed E-state index contributed by atoms with van der Waals surface area (Å²) >= 11 is 0. The summed E-state index contributed by atoms with van der Waals surface area (Å²) in [5.74, 6) is -0.817. The molecule has 3 aromatic carbocycles. The van der Waals surface area contributed by atoms with E-state index < -0.39 is 5.54 Å². The van der Waals surface area contributed by atoms with Crippen LogP contribution >= 0.6 is 0 Å². The monoisotopic (exact) mass is 416 g/mol. The van der Waals surface area contributed by atoms with Crippen molar-refractivity contribution in [1.82, 2.24) is 10.2 Å². The van der Waals surface area contributed by atoms with E-state index in [9.17, 15) is 14.0 Å². The van der Waals surface area contributed by atoms with Gasteiger partial charge in [-0.2, -0.15) is 0 Å². The molecule has 158 valence electrons. The second-order valence-corrected chi connectivity index (χ2v) is 8.24. The Labute approximate surface area is 181 Å². The minimum Gasteiger partial charge on any atom is -0.350 e. The molecule has 0 spiro atoms. The number of carbonyl (C=O) groups excluding carboxylic acids is 2. The Bertz CT molecular complexity index is 1140. The lowest BCUT2D eigenvalue weighted by Gasteiger charge is -2.44. The summed E-state index contributed by atoms with van der Waals surface area (Å²) in [6, 6.07) is 21.4. The summed E-state index contributed by atoms with van der Waals surface area (Å²) in [5, 5.41) is 3.02. The van der Waals surface area contributed by atoms with Gasteiger partial charge < -0.3 is 10.2 Å². The number of carbonyl (C=O) groups is 2. The van der Waals surface area contributed by atoms with Crippen molar-refractivity contribution in [2.75, 3.05) is 0 Å². The number of aryl methyl sites for hydroxylation is 1. The Hall–Kier alpha value is -3.47. The third-order valence-corrected chi connectivity index (χ3v) is 6.04. The summed E-state index contributed by atoms with van der Waals surface area (Å²) in [6.45, 7) is 4.32. The first-order chi connectivity index (χ1) is 14.9. The maximum atomic E-state index is 13.8. The van der Waals surface area contributed by atoms with E-state index in [0.29, 0.717) is 24.1 Å². The molecule has 0 unspecified atom stereocenters. The van der Waals surface area contributed by atoms with Gasteiger partial charge in [-0.15, -0.1) is 0 Å². The van der Waals surface area contributed by atoms with E-state index in [4.69, 9.17) is 0 Å². The Morgan fingerprint density at radius 1 is 1.06 bits per heavy atom. The zero-order valence-corrected chi connectivity index (χ0v) is 17.7. The van der Waals surface area contributed by atoms with Gasteiger partial charge in [-0.1, -0.05) is 54.6 Å². The van der Waals surface area contributed by atoms with Gasteiger partial charge in [-0.3, -0.25) is 9.59 Å². The van der Waals surface area contributed by atoms with Crippen LogP contribution in [0.4, 0.5) is 4.39 Å². The number of rotatable bonds is 5. The van der Waals surface area contributed by atoms with Crippen molar-refractivity contribution in [1.29, 1.82) is 0 Å². The standard InChI is InChI=1S/C26H25FN2O2/c1-18-8-3-4-11-21(18)16-28-25(31)26(2)15-20-10-5-6-13-23(20)24(30)29(26)17-19-9-7-12-22(27)14-19/h3-14H,15-17H2,1-2H3,(H,28,31)/t26-/m0/s1. The van der Waals surface area contributed by atoms with Crippen molar-refractivity contribution in [3.8, 4) is 0 Å². The maximum absolute atomic E-state index is 13.8. The topological polar surface area (TPSA) is 49.4 Å². The van der Waals surface area contributed by atoms with Gasteiger partial charge in [0.05, 0.1) is 0 Å². The number of hydrogen-bond donors (Lipinski definition) is 1. The maximum Gasteiger partial charge on any atom is 0.255 e. The van der Waals surface area contributed by atoms with E-state index in [1.54, 1.807) is 30.0 Å². The predicted molar refractivity (Wildman–Crippen MR) is 118 cm³/mol. The van der Waals surface area contributed by atoms with E-state index in [-0.39, 0.29) is 24.2 Å². The van der Waals surface area contributed by atoms with E-state index in [2.05, 4.69) is 5.32 Å². The third kappa shape index (κ3) is 4.08. The minimum absolute atomic E-state index is 0.152. The smallest absolute Gasteiger partial charge is 0.255 e. The molecule has 0 saturated carbocycles. The molecule has 1 heterocycles. The van der Waals surface area contributed by atoms with Crippen LogP contribution in [0.1, 0.15) is 39.5 Å². The Morgan fingerprint density at radius 3 is 2.58 bits per heavy atom. The van der Waals surface area contributed by atoms with Crippen LogP contribution in [-0.4, -0.2) is 22.3 Å². The van der Waals surface area contributed by atoms with Gasteiger partial charge in [0.25, 0.3) is 5.91 Å². The lowest BCUT2D eigenvalue weighted by atomic mass is 9.82. The lowest BCUT2D eigenvalue weighted by Crippen LogP contribution is -2.62. The fourth-order valence-corrected chi connectivity index (χ4v) is 4.16. The molecule has 0 bridgehead atoms. The van der Waals surface area contributed by atoms with E-state index in [1.807, 2.05) is 49.4 Å². The molecule has 4 rings (SSSR count). The van der Waals surface area contributed by atoms with E-state index in [0.717, 1.165) is 16.7 Å². The van der Waals surface area contributed by atoms with Crippen LogP contribution in [0.2, 0.25) is 0 Å². The summed E-state index contributed by atoms with van der Waals surface area (Å²) in [6.07, 6.45) is 0.393. The molecule has 1 N–H and O–H groups in total. The van der Waals surface area contributed by atoms with Crippen molar-refractivity contribution in [2.45, 2.75) is 38.9 Å². The fourth-order valence-electron chi connectivity index (χ4n) is 4.16. The van der Waals surface area contributed by atoms with Crippen LogP contribution in [0.3, 0.4) is 0 Å². The number of nitrogens with one attached hydrogen (secondary N) is 1. The molecule has 5 heteroatoms. The molecular weight excluding hydrogens is 391 g/mol. The highest BCUT2D eigenvalue weighted by Crippen LogP contribution is 2.33. The third-order valence-electron chi connectivity index (χ3n) is 6.04. The first-order valence-corrected chi connectivity index (χ1v) is 10.4. The predicted octanol–water partition coefficient (Wildman–Crippen LogP) is 4.41. The molecule has 1 aliphatic rings. The van der Waals surface area contributed by atoms with Crippen LogP contribution in [-0.2, 0) is 24.3 Å². The molecule has 0 aromatic heterocycles. The van der Waals surface area contributed by atoms with Crippen molar-refractivity contribution >= 4 is 11.8 Å². The highest BCUT2D eigenvalue weighted by Gasteiger charge is 2.46. The second kappa shape index (κ2) is 8.34. The molecular formula is C26H25FN2O2. The van der Waals surface area contributed by atoms with E-state index >= 15 is 0 Å². The zero-order valence-electron chi connectivity index (χ0n) is 17.7. The van der Waals surface area contributed by atoms with Gasteiger partial charge in [0.2, 0.25) is 5.91 Å². The number of halogens is 1. The zero-order chi connectivity index (χ0) is 22.0. The van der Waals surface area contributed by atoms with Crippen LogP contribution in [0.15, 0.2) is 72.8 Å². The molecule has 0 fully saturated rings. The van der Waals surface area contributed by atoms with Crippen LogP contribution in [0, 0.1) is 12.7 Å². The van der Waals surface area contributed by atoms with Crippen LogP contribution in [0.25, 0.3) is 0 Å². The average molecular weight is 416 g/mol. The fraction of sp³-hybridized carbons (Fsp3) is 0.231. The Morgan fingerprint density at radius 2 is 1.81 bits per heavy atom. The minimum atomic E-state index is -1.10. The van der Waals surface area contributed by atoms with Gasteiger partial charge >= 0.3 is 0 Å². The Kier molecular flexibility index (Phi) is 5.59. The van der Waals surface area contributed by atoms with Crippen LogP contribution < -0.4 is 5.32 Å². The van der Waals surface area contributed by atoms with Gasteiger partial charge in [-0.25, -0.2) is 4.39 Å². The normalized spacial score (nSPS) is 17.9. The summed E-state index contributed by atoms with van der Waals surface area (Å²) < 4.78 is 13.8. The largest absolute Gasteiger partial charge is 0.350 e. The Balaban J connectivity index is 1.66. The van der Waals surface area contributed by atoms with Crippen molar-refractivity contribution in [3.05, 3.63) is 106 Å². The molecule has 0 radical (unpaired) electrons. The number of amides is 2. The molecule has 2 amide bonds. The lowest BCUT2D eigenvalue weighted by molar-refractivity contribution is -0.132. The number of fused-ring (bicyclic) bond motifs is 1. The summed E-state index contributed by atoms with van der Waals surface area (Å²) in [4.78, 5) is 28.4. The molecule has 3 aromatic rings. The molecule has 0 aliphatic carbocycles. The van der Waals surface area contributed by atoms with Gasteiger partial charge in [0.1, 0.15) is 11.4 Å². The number of hydrogen-bond acceptors (Lipinski definition) is 2. The first kappa shape index (κ1) is 20.8. The van der Waals surface area contributed by atoms with Crippen LogP contribution in [0.5, 0.6) is 0 Å². The van der Waals surface area contributed by atoms with Crippen molar-refractivity contribution in [3.63, 3.8) is 0 Å². The van der Waals surface area contributed by atoms with Crippen molar-refractivity contribution < 1.29 is 14.0 Å². The molecule has 0 saturated heterocycles. The number of nitrogens with zero attached hydrogens (tertiary/aromatic N) is 1. The highest BCUT2D eigenvalue weighted by atomic mass is 19.1. The first-order valence-electron chi connectivity index (χ1n) is 10.4. The van der Waals surface area contributed by atoms with E-state index in [1.165, 1.54) is 12.1 Å². The molecule has 31 heavy (non-hydrogen) atoms. The quantitative estimate of drug-likeness (QED) is 0.670. The van der Waals surface area contributed by atoms with Gasteiger partial charge in [-0.05, 0) is 54.3 Å². The van der Waals surface area contributed by atoms with Gasteiger partial charge in [0.15, 0.2) is 0 Å². The highest BCUT2D eigenvalue weighted by molar-refractivity contribution is 6.02. The second-order valence-electron chi connectivity index (χ2n) is 8.24. The SMILES string of the molecule is Cc1ccccc1CNC(=O)[C@]1(C)Cc2ccccc2C(=O)N1Cc1cccc(F)c1.